The smallest absolute Gasteiger partial charge is 0.0293 e. The highest BCUT2D eigenvalue weighted by Crippen LogP contribution is 2.43. The number of aromatic nitrogens is 1. The molecule has 0 spiro atoms. The van der Waals surface area contributed by atoms with Crippen LogP contribution in [0.4, 0.5) is 0 Å². The Kier molecular flexibility index (Phi) is 2.98. The Bertz CT molecular complexity index is 399. The molecule has 90 valence electrons. The van der Waals surface area contributed by atoms with E-state index in [1.807, 2.05) is 12.4 Å². The Morgan fingerprint density at radius 3 is 2.76 bits per heavy atom. The van der Waals surface area contributed by atoms with E-state index in [0.29, 0.717) is 6.04 Å². The molecule has 1 aromatic heterocycles. The van der Waals surface area contributed by atoms with Crippen LogP contribution in [-0.2, 0) is 0 Å². The lowest BCUT2D eigenvalue weighted by Gasteiger charge is -2.22. The normalized spacial score (nSPS) is 31.9. The van der Waals surface area contributed by atoms with Crippen LogP contribution >= 0.6 is 0 Å². The zero-order chi connectivity index (χ0) is 11.7. The summed E-state index contributed by atoms with van der Waals surface area (Å²) in [6.07, 6.45) is 11.4. The molecule has 17 heavy (non-hydrogen) atoms. The molecular formula is C15H20N2. The molecule has 0 saturated heterocycles. The molecule has 1 fully saturated rings. The summed E-state index contributed by atoms with van der Waals surface area (Å²) in [5, 5.41) is 3.66. The third-order valence-corrected chi connectivity index (χ3v) is 4.31. The van der Waals surface area contributed by atoms with E-state index in [1.165, 1.54) is 18.4 Å². The van der Waals surface area contributed by atoms with Crippen molar-refractivity contribution in [3.63, 3.8) is 0 Å². The number of rotatable bonds is 4. The molecule has 0 aliphatic heterocycles. The average Bonchev–Trinajstić information content (AvgIpc) is 2.99. The van der Waals surface area contributed by atoms with Crippen molar-refractivity contribution in [1.82, 2.24) is 10.3 Å². The second kappa shape index (κ2) is 4.61. The number of allylic oxidation sites excluding steroid dienone is 2. The maximum atomic E-state index is 4.06. The molecule has 2 aliphatic rings. The van der Waals surface area contributed by atoms with Crippen LogP contribution in [0, 0.1) is 17.8 Å². The van der Waals surface area contributed by atoms with Crippen molar-refractivity contribution >= 4 is 0 Å². The number of fused-ring (bicyclic) bond motifs is 2. The first-order chi connectivity index (χ1) is 8.33. The molecule has 1 saturated carbocycles. The van der Waals surface area contributed by atoms with Crippen LogP contribution in [0.2, 0.25) is 0 Å². The van der Waals surface area contributed by atoms with Crippen molar-refractivity contribution in [2.24, 2.45) is 17.8 Å². The van der Waals surface area contributed by atoms with E-state index in [0.717, 1.165) is 24.3 Å². The van der Waals surface area contributed by atoms with Crippen molar-refractivity contribution in [3.05, 3.63) is 42.2 Å². The number of nitrogens with zero attached hydrogens (tertiary/aromatic N) is 1. The van der Waals surface area contributed by atoms with Gasteiger partial charge in [-0.25, -0.2) is 0 Å². The minimum atomic E-state index is 0.432. The Balaban J connectivity index is 1.53. The van der Waals surface area contributed by atoms with Crippen LogP contribution in [-0.4, -0.2) is 11.5 Å². The lowest BCUT2D eigenvalue weighted by molar-refractivity contribution is 0.393. The van der Waals surface area contributed by atoms with Gasteiger partial charge in [-0.15, -0.1) is 0 Å². The minimum absolute atomic E-state index is 0.432. The molecule has 0 radical (unpaired) electrons. The summed E-state index contributed by atoms with van der Waals surface area (Å²) in [7, 11) is 0. The number of hydrogen-bond acceptors (Lipinski definition) is 2. The van der Waals surface area contributed by atoms with Crippen LogP contribution in [0.5, 0.6) is 0 Å². The summed E-state index contributed by atoms with van der Waals surface area (Å²) in [4.78, 5) is 4.06. The molecule has 3 rings (SSSR count). The van der Waals surface area contributed by atoms with Crippen molar-refractivity contribution < 1.29 is 0 Å². The fraction of sp³-hybridized carbons (Fsp3) is 0.533. The van der Waals surface area contributed by atoms with Gasteiger partial charge in [0.2, 0.25) is 0 Å². The van der Waals surface area contributed by atoms with Crippen LogP contribution < -0.4 is 5.32 Å². The Morgan fingerprint density at radius 1 is 1.29 bits per heavy atom. The first kappa shape index (κ1) is 11.0. The van der Waals surface area contributed by atoms with Crippen LogP contribution in [0.25, 0.3) is 0 Å². The van der Waals surface area contributed by atoms with Crippen molar-refractivity contribution in [2.45, 2.75) is 25.8 Å². The van der Waals surface area contributed by atoms with Crippen LogP contribution in [0.1, 0.15) is 31.4 Å². The molecule has 2 bridgehead atoms. The van der Waals surface area contributed by atoms with Gasteiger partial charge in [0.1, 0.15) is 0 Å². The molecule has 1 heterocycles. The fourth-order valence-electron chi connectivity index (χ4n) is 3.23. The van der Waals surface area contributed by atoms with Gasteiger partial charge in [0.05, 0.1) is 0 Å². The predicted octanol–water partition coefficient (Wildman–Crippen LogP) is 2.94. The van der Waals surface area contributed by atoms with Crippen molar-refractivity contribution in [2.75, 3.05) is 6.54 Å². The van der Waals surface area contributed by atoms with E-state index < -0.39 is 0 Å². The molecule has 1 aromatic rings. The van der Waals surface area contributed by atoms with E-state index in [1.54, 1.807) is 0 Å². The zero-order valence-corrected chi connectivity index (χ0v) is 10.3. The average molecular weight is 228 g/mol. The zero-order valence-electron chi connectivity index (χ0n) is 10.3. The third kappa shape index (κ3) is 2.27. The quantitative estimate of drug-likeness (QED) is 0.801. The summed E-state index contributed by atoms with van der Waals surface area (Å²) in [5.74, 6) is 2.58. The molecule has 2 heteroatoms. The second-order valence-electron chi connectivity index (χ2n) is 5.45. The first-order valence-electron chi connectivity index (χ1n) is 6.64. The summed E-state index contributed by atoms with van der Waals surface area (Å²) in [5.41, 5.74) is 1.33. The van der Waals surface area contributed by atoms with Gasteiger partial charge < -0.3 is 5.32 Å². The lowest BCUT2D eigenvalue weighted by atomic mass is 9.93. The summed E-state index contributed by atoms with van der Waals surface area (Å²) < 4.78 is 0. The highest BCUT2D eigenvalue weighted by atomic mass is 14.9. The van der Waals surface area contributed by atoms with E-state index in [-0.39, 0.29) is 0 Å². The Hall–Kier alpha value is -1.15. The van der Waals surface area contributed by atoms with E-state index >= 15 is 0 Å². The third-order valence-electron chi connectivity index (χ3n) is 4.31. The topological polar surface area (TPSA) is 24.9 Å². The lowest BCUT2D eigenvalue weighted by Crippen LogP contribution is -2.27. The summed E-state index contributed by atoms with van der Waals surface area (Å²) in [6.45, 7) is 3.38. The number of hydrogen-bond donors (Lipinski definition) is 1. The second-order valence-corrected chi connectivity index (χ2v) is 5.45. The summed E-state index contributed by atoms with van der Waals surface area (Å²) >= 11 is 0. The van der Waals surface area contributed by atoms with E-state index in [2.05, 4.69) is 41.5 Å². The van der Waals surface area contributed by atoms with Gasteiger partial charge in [0, 0.05) is 18.4 Å². The van der Waals surface area contributed by atoms with Gasteiger partial charge in [-0.05, 0) is 61.8 Å². The molecular weight excluding hydrogens is 208 g/mol. The maximum Gasteiger partial charge on any atom is 0.0293 e. The summed E-state index contributed by atoms with van der Waals surface area (Å²) in [6, 6.07) is 4.62. The largest absolute Gasteiger partial charge is 0.310 e. The molecule has 0 aromatic carbocycles. The minimum Gasteiger partial charge on any atom is -0.310 e. The van der Waals surface area contributed by atoms with Crippen molar-refractivity contribution in [3.8, 4) is 0 Å². The first-order valence-corrected chi connectivity index (χ1v) is 6.64. The Labute approximate surface area is 103 Å². The molecule has 0 amide bonds. The molecule has 3 unspecified atom stereocenters. The van der Waals surface area contributed by atoms with Gasteiger partial charge in [-0.2, -0.15) is 0 Å². The molecule has 1 N–H and O–H groups in total. The molecule has 2 nitrogen and oxygen atoms in total. The van der Waals surface area contributed by atoms with Gasteiger partial charge in [-0.1, -0.05) is 12.2 Å². The Morgan fingerprint density at radius 2 is 2.12 bits per heavy atom. The van der Waals surface area contributed by atoms with Crippen molar-refractivity contribution in [1.29, 1.82) is 0 Å². The standard InChI is InChI=1S/C15H20N2/c1-11(13-4-6-16-7-5-13)17-10-15-9-12-2-3-14(15)8-12/h2-7,11-12,14-15,17H,8-10H2,1H3/t11-,12?,14?,15?/m1/s1. The maximum absolute atomic E-state index is 4.06. The van der Waals surface area contributed by atoms with Crippen LogP contribution in [0.15, 0.2) is 36.7 Å². The van der Waals surface area contributed by atoms with Crippen LogP contribution in [0.3, 0.4) is 0 Å². The van der Waals surface area contributed by atoms with Gasteiger partial charge >= 0.3 is 0 Å². The highest BCUT2D eigenvalue weighted by Gasteiger charge is 2.35. The van der Waals surface area contributed by atoms with Gasteiger partial charge in [0.15, 0.2) is 0 Å². The van der Waals surface area contributed by atoms with E-state index in [4.69, 9.17) is 0 Å². The van der Waals surface area contributed by atoms with Gasteiger partial charge in [0.25, 0.3) is 0 Å². The van der Waals surface area contributed by atoms with Gasteiger partial charge in [-0.3, -0.25) is 4.98 Å². The van der Waals surface area contributed by atoms with E-state index in [9.17, 15) is 0 Å². The number of pyridine rings is 1. The number of nitrogens with one attached hydrogen (secondary N) is 1. The highest BCUT2D eigenvalue weighted by molar-refractivity contribution is 5.14. The fourth-order valence-corrected chi connectivity index (χ4v) is 3.23. The molecule has 4 atom stereocenters. The molecule has 2 aliphatic carbocycles. The monoisotopic (exact) mass is 228 g/mol. The SMILES string of the molecule is C[C@@H](NCC1CC2C=CC1C2)c1ccncc1. The predicted molar refractivity (Wildman–Crippen MR) is 69.5 cm³/mol.